The molecule has 0 radical (unpaired) electrons. The average molecular weight is 291 g/mol. The molecule has 0 saturated heterocycles. The van der Waals surface area contributed by atoms with Gasteiger partial charge in [0.1, 0.15) is 5.76 Å². The lowest BCUT2D eigenvalue weighted by Crippen LogP contribution is -2.42. The summed E-state index contributed by atoms with van der Waals surface area (Å²) in [7, 11) is 0. The van der Waals surface area contributed by atoms with Gasteiger partial charge < -0.3 is 14.5 Å². The maximum atomic E-state index is 11.8. The molecule has 1 fully saturated rings. The minimum atomic E-state index is -0.557. The number of hydrogen-bond acceptors (Lipinski definition) is 4. The van der Waals surface area contributed by atoms with Crippen LogP contribution < -0.4 is 5.32 Å². The SMILES string of the molecule is C[C@H]1CCCC[C@@H]1NC(=O)COC(=O)/C=C/c1ccco1. The van der Waals surface area contributed by atoms with Gasteiger partial charge in [0, 0.05) is 12.1 Å². The minimum absolute atomic E-state index is 0.198. The van der Waals surface area contributed by atoms with Crippen LogP contribution in [-0.2, 0) is 14.3 Å². The van der Waals surface area contributed by atoms with Crippen molar-refractivity contribution in [2.75, 3.05) is 6.61 Å². The van der Waals surface area contributed by atoms with Crippen LogP contribution in [0.25, 0.3) is 6.08 Å². The first-order chi connectivity index (χ1) is 10.1. The number of hydrogen-bond donors (Lipinski definition) is 1. The van der Waals surface area contributed by atoms with E-state index in [9.17, 15) is 9.59 Å². The van der Waals surface area contributed by atoms with Crippen LogP contribution in [0.1, 0.15) is 38.4 Å². The van der Waals surface area contributed by atoms with Crippen LogP contribution in [0.2, 0.25) is 0 Å². The lowest BCUT2D eigenvalue weighted by atomic mass is 9.86. The van der Waals surface area contributed by atoms with Crippen molar-refractivity contribution in [2.45, 2.75) is 38.6 Å². The summed E-state index contributed by atoms with van der Waals surface area (Å²) in [5.41, 5.74) is 0. The fourth-order valence-corrected chi connectivity index (χ4v) is 2.50. The Kier molecular flexibility index (Phi) is 5.60. The molecule has 1 saturated carbocycles. The Labute approximate surface area is 124 Å². The van der Waals surface area contributed by atoms with Crippen molar-refractivity contribution < 1.29 is 18.7 Å². The van der Waals surface area contributed by atoms with E-state index in [4.69, 9.17) is 9.15 Å². The van der Waals surface area contributed by atoms with Crippen LogP contribution in [0, 0.1) is 5.92 Å². The Morgan fingerprint density at radius 1 is 1.43 bits per heavy atom. The van der Waals surface area contributed by atoms with Gasteiger partial charge in [0.05, 0.1) is 6.26 Å². The van der Waals surface area contributed by atoms with Gasteiger partial charge in [-0.1, -0.05) is 19.8 Å². The first-order valence-electron chi connectivity index (χ1n) is 7.33. The molecule has 0 spiro atoms. The van der Waals surface area contributed by atoms with Crippen molar-refractivity contribution >= 4 is 18.0 Å². The van der Waals surface area contributed by atoms with Gasteiger partial charge in [-0.05, 0) is 37.0 Å². The fourth-order valence-electron chi connectivity index (χ4n) is 2.50. The van der Waals surface area contributed by atoms with E-state index in [0.29, 0.717) is 11.7 Å². The molecule has 2 atom stereocenters. The second kappa shape index (κ2) is 7.67. The lowest BCUT2D eigenvalue weighted by Gasteiger charge is -2.29. The van der Waals surface area contributed by atoms with E-state index in [1.807, 2.05) is 0 Å². The molecule has 1 aliphatic rings. The topological polar surface area (TPSA) is 68.5 Å². The Bertz CT molecular complexity index is 492. The van der Waals surface area contributed by atoms with Crippen LogP contribution in [0.3, 0.4) is 0 Å². The molecular weight excluding hydrogens is 270 g/mol. The minimum Gasteiger partial charge on any atom is -0.465 e. The van der Waals surface area contributed by atoms with E-state index in [2.05, 4.69) is 12.2 Å². The molecule has 0 aliphatic heterocycles. The summed E-state index contributed by atoms with van der Waals surface area (Å²) < 4.78 is 9.95. The second-order valence-electron chi connectivity index (χ2n) is 5.39. The first kappa shape index (κ1) is 15.4. The number of furan rings is 1. The van der Waals surface area contributed by atoms with Gasteiger partial charge in [0.25, 0.3) is 5.91 Å². The van der Waals surface area contributed by atoms with Crippen LogP contribution in [-0.4, -0.2) is 24.5 Å². The third-order valence-corrected chi connectivity index (χ3v) is 3.73. The molecule has 1 aliphatic carbocycles. The Hall–Kier alpha value is -2.04. The zero-order valence-corrected chi connectivity index (χ0v) is 12.2. The fraction of sp³-hybridized carbons (Fsp3) is 0.500. The summed E-state index contributed by atoms with van der Waals surface area (Å²) >= 11 is 0. The number of esters is 1. The van der Waals surface area contributed by atoms with Crippen molar-refractivity contribution in [3.05, 3.63) is 30.2 Å². The zero-order chi connectivity index (χ0) is 15.1. The van der Waals surface area contributed by atoms with E-state index in [-0.39, 0.29) is 18.6 Å². The van der Waals surface area contributed by atoms with E-state index in [1.165, 1.54) is 24.8 Å². The number of rotatable bonds is 5. The summed E-state index contributed by atoms with van der Waals surface area (Å²) in [6, 6.07) is 3.65. The zero-order valence-electron chi connectivity index (χ0n) is 12.2. The summed E-state index contributed by atoms with van der Waals surface area (Å²) in [5, 5.41) is 2.93. The quantitative estimate of drug-likeness (QED) is 0.668. The van der Waals surface area contributed by atoms with Crippen molar-refractivity contribution in [1.82, 2.24) is 5.32 Å². The smallest absolute Gasteiger partial charge is 0.331 e. The van der Waals surface area contributed by atoms with Crippen molar-refractivity contribution in [3.63, 3.8) is 0 Å². The standard InChI is InChI=1S/C16H21NO4/c1-12-5-2-3-7-14(12)17-15(18)11-21-16(19)9-8-13-6-4-10-20-13/h4,6,8-10,12,14H,2-3,5,7,11H2,1H3,(H,17,18)/b9-8+/t12-,14-/m0/s1. The summed E-state index contributed by atoms with van der Waals surface area (Å²) in [4.78, 5) is 23.2. The highest BCUT2D eigenvalue weighted by atomic mass is 16.5. The molecular formula is C16H21NO4. The van der Waals surface area contributed by atoms with E-state index >= 15 is 0 Å². The van der Waals surface area contributed by atoms with E-state index in [0.717, 1.165) is 19.3 Å². The molecule has 2 rings (SSSR count). The van der Waals surface area contributed by atoms with Crippen molar-refractivity contribution in [3.8, 4) is 0 Å². The monoisotopic (exact) mass is 291 g/mol. The second-order valence-corrected chi connectivity index (χ2v) is 5.39. The van der Waals surface area contributed by atoms with Crippen molar-refractivity contribution in [2.24, 2.45) is 5.92 Å². The van der Waals surface area contributed by atoms with Crippen LogP contribution in [0.4, 0.5) is 0 Å². The maximum absolute atomic E-state index is 11.8. The molecule has 1 N–H and O–H groups in total. The summed E-state index contributed by atoms with van der Waals surface area (Å²) in [6.07, 6.45) is 8.76. The lowest BCUT2D eigenvalue weighted by molar-refractivity contribution is -0.144. The van der Waals surface area contributed by atoms with Crippen LogP contribution in [0.5, 0.6) is 0 Å². The van der Waals surface area contributed by atoms with Gasteiger partial charge in [0.15, 0.2) is 6.61 Å². The summed E-state index contributed by atoms with van der Waals surface area (Å²) in [6.45, 7) is 1.90. The highest BCUT2D eigenvalue weighted by Gasteiger charge is 2.22. The highest BCUT2D eigenvalue weighted by Crippen LogP contribution is 2.23. The highest BCUT2D eigenvalue weighted by molar-refractivity contribution is 5.88. The normalized spacial score (nSPS) is 22.1. The molecule has 1 amide bonds. The molecule has 5 heteroatoms. The van der Waals surface area contributed by atoms with Crippen LogP contribution in [0.15, 0.2) is 28.9 Å². The Balaban J connectivity index is 1.69. The molecule has 0 aromatic carbocycles. The van der Waals surface area contributed by atoms with Crippen molar-refractivity contribution in [1.29, 1.82) is 0 Å². The van der Waals surface area contributed by atoms with Gasteiger partial charge in [0.2, 0.25) is 0 Å². The molecule has 1 aromatic heterocycles. The van der Waals surface area contributed by atoms with Gasteiger partial charge in [-0.15, -0.1) is 0 Å². The average Bonchev–Trinajstić information content (AvgIpc) is 2.99. The van der Waals surface area contributed by atoms with E-state index in [1.54, 1.807) is 12.1 Å². The van der Waals surface area contributed by atoms with Gasteiger partial charge in [-0.25, -0.2) is 4.79 Å². The number of ether oxygens (including phenoxy) is 1. The largest absolute Gasteiger partial charge is 0.465 e. The third kappa shape index (κ3) is 5.10. The predicted octanol–water partition coefficient (Wildman–Crippen LogP) is 2.53. The molecule has 21 heavy (non-hydrogen) atoms. The van der Waals surface area contributed by atoms with Crippen LogP contribution >= 0.6 is 0 Å². The Morgan fingerprint density at radius 2 is 2.24 bits per heavy atom. The first-order valence-corrected chi connectivity index (χ1v) is 7.33. The third-order valence-electron chi connectivity index (χ3n) is 3.73. The molecule has 0 unspecified atom stereocenters. The summed E-state index contributed by atoms with van der Waals surface area (Å²) in [5.74, 6) is 0.247. The molecule has 114 valence electrons. The van der Waals surface area contributed by atoms with E-state index < -0.39 is 5.97 Å². The molecule has 0 bridgehead atoms. The molecule has 1 heterocycles. The maximum Gasteiger partial charge on any atom is 0.331 e. The van der Waals surface area contributed by atoms with Gasteiger partial charge >= 0.3 is 5.97 Å². The van der Waals surface area contributed by atoms with Gasteiger partial charge in [-0.2, -0.15) is 0 Å². The number of carbonyl (C=O) groups is 2. The Morgan fingerprint density at radius 3 is 2.95 bits per heavy atom. The van der Waals surface area contributed by atoms with Gasteiger partial charge in [-0.3, -0.25) is 4.79 Å². The predicted molar refractivity (Wildman–Crippen MR) is 78.3 cm³/mol. The molecule has 1 aromatic rings. The number of carbonyl (C=O) groups excluding carboxylic acids is 2. The number of amides is 1. The molecule has 5 nitrogen and oxygen atoms in total. The number of nitrogens with one attached hydrogen (secondary N) is 1.